The smallest absolute Gasteiger partial charge is 0.0746 e. The van der Waals surface area contributed by atoms with E-state index in [0.29, 0.717) is 12.0 Å². The molecule has 1 fully saturated rings. The molecule has 21 heavy (non-hydrogen) atoms. The third-order valence-corrected chi connectivity index (χ3v) is 4.72. The number of aliphatic hydroxyl groups is 1. The molecule has 0 amide bonds. The van der Waals surface area contributed by atoms with Gasteiger partial charge in [0.2, 0.25) is 0 Å². The predicted octanol–water partition coefficient (Wildman–Crippen LogP) is 5.05. The van der Waals surface area contributed by atoms with Gasteiger partial charge >= 0.3 is 0 Å². The Balaban J connectivity index is 2.33. The molecule has 0 bridgehead atoms. The highest BCUT2D eigenvalue weighted by Crippen LogP contribution is 2.19. The quantitative estimate of drug-likeness (QED) is 0.744. The Kier molecular flexibility index (Phi) is 9.59. The van der Waals surface area contributed by atoms with E-state index in [0.717, 1.165) is 13.0 Å². The van der Waals surface area contributed by atoms with Gasteiger partial charge in [0.25, 0.3) is 0 Å². The maximum atomic E-state index is 10.5. The van der Waals surface area contributed by atoms with Gasteiger partial charge in [-0.3, -0.25) is 0 Å². The molecule has 0 saturated heterocycles. The maximum Gasteiger partial charge on any atom is 0.0746 e. The summed E-state index contributed by atoms with van der Waals surface area (Å²) in [5.41, 5.74) is -0.558. The molecule has 0 heterocycles. The van der Waals surface area contributed by atoms with E-state index in [-0.39, 0.29) is 0 Å². The van der Waals surface area contributed by atoms with Crippen molar-refractivity contribution in [3.8, 4) is 0 Å². The SMILES string of the molecule is CC(C)CC(C)(O)CNC1CCCCCCCCCCC1. The topological polar surface area (TPSA) is 32.3 Å². The number of rotatable bonds is 5. The molecule has 1 aliphatic rings. The molecule has 0 aromatic heterocycles. The molecule has 1 saturated carbocycles. The zero-order valence-electron chi connectivity index (χ0n) is 14.8. The molecule has 126 valence electrons. The van der Waals surface area contributed by atoms with Crippen molar-refractivity contribution >= 4 is 0 Å². The van der Waals surface area contributed by atoms with Crippen LogP contribution in [0.4, 0.5) is 0 Å². The van der Waals surface area contributed by atoms with Gasteiger partial charge in [-0.1, -0.05) is 71.6 Å². The molecule has 1 aliphatic carbocycles. The van der Waals surface area contributed by atoms with Gasteiger partial charge in [0.05, 0.1) is 5.60 Å². The van der Waals surface area contributed by atoms with Crippen LogP contribution in [-0.2, 0) is 0 Å². The van der Waals surface area contributed by atoms with Crippen molar-refractivity contribution in [1.29, 1.82) is 0 Å². The van der Waals surface area contributed by atoms with Gasteiger partial charge in [-0.15, -0.1) is 0 Å². The highest BCUT2D eigenvalue weighted by atomic mass is 16.3. The van der Waals surface area contributed by atoms with Gasteiger partial charge in [0.1, 0.15) is 0 Å². The first-order chi connectivity index (χ1) is 9.99. The molecule has 2 nitrogen and oxygen atoms in total. The summed E-state index contributed by atoms with van der Waals surface area (Å²) in [5, 5.41) is 14.1. The monoisotopic (exact) mass is 297 g/mol. The maximum absolute atomic E-state index is 10.5. The van der Waals surface area contributed by atoms with Gasteiger partial charge in [-0.2, -0.15) is 0 Å². The number of hydrogen-bond donors (Lipinski definition) is 2. The van der Waals surface area contributed by atoms with Crippen LogP contribution in [0.2, 0.25) is 0 Å². The summed E-state index contributed by atoms with van der Waals surface area (Å²) in [7, 11) is 0. The van der Waals surface area contributed by atoms with E-state index in [1.54, 1.807) is 0 Å². The minimum absolute atomic E-state index is 0.554. The van der Waals surface area contributed by atoms with E-state index in [1.165, 1.54) is 70.6 Å². The van der Waals surface area contributed by atoms with Gasteiger partial charge in [0.15, 0.2) is 0 Å². The molecule has 0 aromatic rings. The third kappa shape index (κ3) is 10.3. The minimum Gasteiger partial charge on any atom is -0.389 e. The standard InChI is InChI=1S/C19H39NO/c1-17(2)15-19(3,21)16-20-18-13-11-9-7-5-4-6-8-10-12-14-18/h17-18,20-21H,4-16H2,1-3H3. The van der Waals surface area contributed by atoms with Crippen molar-refractivity contribution in [3.63, 3.8) is 0 Å². The van der Waals surface area contributed by atoms with E-state index in [1.807, 2.05) is 6.92 Å². The van der Waals surface area contributed by atoms with Gasteiger partial charge in [-0.05, 0) is 32.1 Å². The summed E-state index contributed by atoms with van der Waals surface area (Å²) in [4.78, 5) is 0. The molecule has 0 spiro atoms. The Labute approximate surface area is 133 Å². The lowest BCUT2D eigenvalue weighted by Crippen LogP contribution is -2.43. The van der Waals surface area contributed by atoms with Crippen molar-refractivity contribution in [2.24, 2.45) is 5.92 Å². The van der Waals surface area contributed by atoms with Crippen molar-refractivity contribution in [2.45, 2.75) is 109 Å². The second kappa shape index (κ2) is 10.6. The van der Waals surface area contributed by atoms with Crippen LogP contribution in [0.1, 0.15) is 97.8 Å². The first-order valence-corrected chi connectivity index (χ1v) is 9.45. The Hall–Kier alpha value is -0.0800. The molecule has 1 unspecified atom stereocenters. The normalized spacial score (nSPS) is 23.3. The predicted molar refractivity (Wildman–Crippen MR) is 92.7 cm³/mol. The lowest BCUT2D eigenvalue weighted by atomic mass is 9.93. The largest absolute Gasteiger partial charge is 0.389 e. The highest BCUT2D eigenvalue weighted by Gasteiger charge is 2.23. The van der Waals surface area contributed by atoms with Crippen LogP contribution >= 0.6 is 0 Å². The lowest BCUT2D eigenvalue weighted by molar-refractivity contribution is 0.0351. The van der Waals surface area contributed by atoms with Crippen molar-refractivity contribution < 1.29 is 5.11 Å². The van der Waals surface area contributed by atoms with Crippen molar-refractivity contribution in [2.75, 3.05) is 6.54 Å². The average Bonchev–Trinajstić information content (AvgIpc) is 2.36. The minimum atomic E-state index is -0.558. The lowest BCUT2D eigenvalue weighted by Gasteiger charge is -2.29. The summed E-state index contributed by atoms with van der Waals surface area (Å²) in [6.45, 7) is 7.10. The van der Waals surface area contributed by atoms with Gasteiger partial charge in [0, 0.05) is 12.6 Å². The molecule has 0 radical (unpaired) electrons. The average molecular weight is 298 g/mol. The summed E-state index contributed by atoms with van der Waals surface area (Å²) in [6, 6.07) is 0.614. The molecule has 2 N–H and O–H groups in total. The summed E-state index contributed by atoms with van der Waals surface area (Å²) < 4.78 is 0. The van der Waals surface area contributed by atoms with Crippen LogP contribution in [0, 0.1) is 5.92 Å². The van der Waals surface area contributed by atoms with Crippen LogP contribution in [0.25, 0.3) is 0 Å². The second-order valence-electron chi connectivity index (χ2n) is 7.93. The fourth-order valence-corrected chi connectivity index (χ4v) is 3.68. The molecule has 2 heteroatoms. The third-order valence-electron chi connectivity index (χ3n) is 4.72. The summed E-state index contributed by atoms with van der Waals surface area (Å²) in [5.74, 6) is 0.554. The van der Waals surface area contributed by atoms with E-state index in [4.69, 9.17) is 0 Å². The van der Waals surface area contributed by atoms with Crippen molar-refractivity contribution in [1.82, 2.24) is 5.32 Å². The van der Waals surface area contributed by atoms with E-state index in [9.17, 15) is 5.11 Å². The van der Waals surface area contributed by atoms with Crippen LogP contribution in [0.15, 0.2) is 0 Å². The summed E-state index contributed by atoms with van der Waals surface area (Å²) in [6.07, 6.45) is 16.1. The van der Waals surface area contributed by atoms with Crippen molar-refractivity contribution in [3.05, 3.63) is 0 Å². The fraction of sp³-hybridized carbons (Fsp3) is 1.00. The van der Waals surface area contributed by atoms with E-state index in [2.05, 4.69) is 19.2 Å². The fourth-order valence-electron chi connectivity index (χ4n) is 3.68. The van der Waals surface area contributed by atoms with Crippen LogP contribution < -0.4 is 5.32 Å². The molecular weight excluding hydrogens is 258 g/mol. The zero-order valence-corrected chi connectivity index (χ0v) is 14.8. The van der Waals surface area contributed by atoms with Crippen LogP contribution in [0.5, 0.6) is 0 Å². The van der Waals surface area contributed by atoms with Crippen LogP contribution in [-0.4, -0.2) is 23.3 Å². The molecule has 1 atom stereocenters. The van der Waals surface area contributed by atoms with Gasteiger partial charge in [-0.25, -0.2) is 0 Å². The highest BCUT2D eigenvalue weighted by molar-refractivity contribution is 4.80. The number of hydrogen-bond acceptors (Lipinski definition) is 2. The molecule has 0 aromatic carbocycles. The molecule has 0 aliphatic heterocycles. The van der Waals surface area contributed by atoms with E-state index >= 15 is 0 Å². The first-order valence-electron chi connectivity index (χ1n) is 9.45. The first kappa shape index (κ1) is 19.0. The summed E-state index contributed by atoms with van der Waals surface area (Å²) >= 11 is 0. The zero-order chi connectivity index (χ0) is 15.6. The Morgan fingerprint density at radius 3 is 1.76 bits per heavy atom. The number of nitrogens with one attached hydrogen (secondary N) is 1. The van der Waals surface area contributed by atoms with E-state index < -0.39 is 5.60 Å². The Morgan fingerprint density at radius 1 is 0.905 bits per heavy atom. The van der Waals surface area contributed by atoms with Gasteiger partial charge < -0.3 is 10.4 Å². The molecule has 1 rings (SSSR count). The second-order valence-corrected chi connectivity index (χ2v) is 7.93. The Morgan fingerprint density at radius 2 is 1.33 bits per heavy atom. The molecular formula is C19H39NO. The van der Waals surface area contributed by atoms with Crippen LogP contribution in [0.3, 0.4) is 0 Å². The Bertz CT molecular complexity index is 238.